The van der Waals surface area contributed by atoms with Crippen LogP contribution in [-0.2, 0) is 6.42 Å². The van der Waals surface area contributed by atoms with Crippen LogP contribution in [0, 0.1) is 26.7 Å². The van der Waals surface area contributed by atoms with Gasteiger partial charge in [-0.2, -0.15) is 0 Å². The van der Waals surface area contributed by atoms with E-state index in [9.17, 15) is 5.11 Å². The largest absolute Gasteiger partial charge is 0.396 e. The quantitative estimate of drug-likeness (QED) is 0.831. The van der Waals surface area contributed by atoms with Gasteiger partial charge in [0.1, 0.15) is 0 Å². The van der Waals surface area contributed by atoms with Gasteiger partial charge >= 0.3 is 0 Å². The first-order chi connectivity index (χ1) is 10.5. The highest BCUT2D eigenvalue weighted by Crippen LogP contribution is 2.41. The zero-order valence-corrected chi connectivity index (χ0v) is 14.2. The molecule has 0 fully saturated rings. The molecule has 1 N–H and O–H groups in total. The minimum Gasteiger partial charge on any atom is -0.396 e. The Balaban J connectivity index is 2.11. The van der Waals surface area contributed by atoms with Crippen molar-refractivity contribution in [2.45, 2.75) is 39.5 Å². The second-order valence-corrected chi connectivity index (χ2v) is 7.09. The monoisotopic (exact) mass is 314 g/mol. The van der Waals surface area contributed by atoms with E-state index in [1.807, 2.05) is 0 Å². The summed E-state index contributed by atoms with van der Waals surface area (Å²) in [6, 6.07) is 11.1. The van der Waals surface area contributed by atoms with Crippen molar-refractivity contribution < 1.29 is 5.11 Å². The van der Waals surface area contributed by atoms with E-state index in [0.717, 1.165) is 23.4 Å². The minimum absolute atomic E-state index is 0.252. The smallest absolute Gasteiger partial charge is 0.0462 e. The van der Waals surface area contributed by atoms with E-state index in [1.165, 1.54) is 27.8 Å². The van der Waals surface area contributed by atoms with Gasteiger partial charge < -0.3 is 5.11 Å². The first-order valence-corrected chi connectivity index (χ1v) is 8.34. The van der Waals surface area contributed by atoms with Gasteiger partial charge in [-0.25, -0.2) is 0 Å². The van der Waals surface area contributed by atoms with Crippen LogP contribution in [0.15, 0.2) is 30.3 Å². The number of hydrogen-bond acceptors (Lipinski definition) is 1. The first-order valence-electron chi connectivity index (χ1n) is 7.96. The summed E-state index contributed by atoms with van der Waals surface area (Å²) in [7, 11) is 0. The molecule has 2 aromatic carbocycles. The lowest BCUT2D eigenvalue weighted by atomic mass is 9.73. The number of aliphatic hydroxyl groups is 1. The molecular formula is C20H23ClO. The maximum Gasteiger partial charge on any atom is 0.0462 e. The Kier molecular flexibility index (Phi) is 4.29. The van der Waals surface area contributed by atoms with E-state index in [-0.39, 0.29) is 6.61 Å². The summed E-state index contributed by atoms with van der Waals surface area (Å²) in [5.74, 6) is 0.665. The number of benzene rings is 2. The normalized spacial score (nSPS) is 20.8. The van der Waals surface area contributed by atoms with Crippen LogP contribution in [0.5, 0.6) is 0 Å². The van der Waals surface area contributed by atoms with E-state index >= 15 is 0 Å². The third-order valence-corrected chi connectivity index (χ3v) is 5.47. The highest BCUT2D eigenvalue weighted by Gasteiger charge is 2.28. The molecule has 2 heteroatoms. The Bertz CT molecular complexity index is 705. The summed E-state index contributed by atoms with van der Waals surface area (Å²) >= 11 is 6.38. The van der Waals surface area contributed by atoms with Gasteiger partial charge in [0.15, 0.2) is 0 Å². The average molecular weight is 315 g/mol. The Morgan fingerprint density at radius 2 is 1.82 bits per heavy atom. The molecule has 0 aromatic heterocycles. The molecule has 2 atom stereocenters. The summed E-state index contributed by atoms with van der Waals surface area (Å²) < 4.78 is 0. The molecule has 0 bridgehead atoms. The van der Waals surface area contributed by atoms with Crippen molar-refractivity contribution in [2.75, 3.05) is 6.61 Å². The zero-order valence-electron chi connectivity index (χ0n) is 13.5. The van der Waals surface area contributed by atoms with Gasteiger partial charge in [0.25, 0.3) is 0 Å². The lowest BCUT2D eigenvalue weighted by Crippen LogP contribution is -2.22. The topological polar surface area (TPSA) is 20.2 Å². The van der Waals surface area contributed by atoms with Gasteiger partial charge in [-0.05, 0) is 79.0 Å². The van der Waals surface area contributed by atoms with Crippen LogP contribution >= 0.6 is 11.6 Å². The SMILES string of the molecule is Cc1ccc(C2C[C@@H](CO)Cc3cc(C)c(Cl)cc32)cc1C. The average Bonchev–Trinajstić information content (AvgIpc) is 2.50. The maximum atomic E-state index is 9.68. The highest BCUT2D eigenvalue weighted by molar-refractivity contribution is 6.31. The van der Waals surface area contributed by atoms with Crippen molar-refractivity contribution >= 4 is 11.6 Å². The van der Waals surface area contributed by atoms with Gasteiger partial charge in [0.2, 0.25) is 0 Å². The van der Waals surface area contributed by atoms with Crippen LogP contribution in [0.2, 0.25) is 5.02 Å². The number of rotatable bonds is 2. The molecule has 0 saturated carbocycles. The second-order valence-electron chi connectivity index (χ2n) is 6.68. The predicted octanol–water partition coefficient (Wildman–Crippen LogP) is 4.95. The number of aryl methyl sites for hydroxylation is 3. The Labute approximate surface area is 137 Å². The van der Waals surface area contributed by atoms with Crippen molar-refractivity contribution in [2.24, 2.45) is 5.92 Å². The summed E-state index contributed by atoms with van der Waals surface area (Å²) in [5, 5.41) is 10.5. The molecule has 0 heterocycles. The van der Waals surface area contributed by atoms with Gasteiger partial charge in [-0.15, -0.1) is 0 Å². The van der Waals surface area contributed by atoms with Crippen LogP contribution in [0.1, 0.15) is 45.7 Å². The lowest BCUT2D eigenvalue weighted by Gasteiger charge is -2.32. The summed E-state index contributed by atoms with van der Waals surface area (Å²) in [4.78, 5) is 0. The molecule has 0 radical (unpaired) electrons. The van der Waals surface area contributed by atoms with E-state index in [2.05, 4.69) is 51.1 Å². The molecular weight excluding hydrogens is 292 g/mol. The van der Waals surface area contributed by atoms with Crippen LogP contribution in [0.4, 0.5) is 0 Å². The molecule has 22 heavy (non-hydrogen) atoms. The molecule has 1 nitrogen and oxygen atoms in total. The standard InChI is InChI=1S/C20H23ClO/c1-12-4-5-16(6-13(12)2)18-9-15(11-22)8-17-7-14(3)20(21)10-19(17)18/h4-7,10,15,18,22H,8-9,11H2,1-3H3/t15-,18?/m0/s1. The summed E-state index contributed by atoms with van der Waals surface area (Å²) in [6.07, 6.45) is 1.94. The van der Waals surface area contributed by atoms with Crippen molar-refractivity contribution in [3.05, 3.63) is 68.7 Å². The molecule has 116 valence electrons. The van der Waals surface area contributed by atoms with Crippen LogP contribution in [0.25, 0.3) is 0 Å². The Morgan fingerprint density at radius 3 is 2.50 bits per heavy atom. The Morgan fingerprint density at radius 1 is 1.05 bits per heavy atom. The minimum atomic E-state index is 0.252. The van der Waals surface area contributed by atoms with Crippen LogP contribution in [-0.4, -0.2) is 11.7 Å². The molecule has 1 aliphatic rings. The van der Waals surface area contributed by atoms with E-state index < -0.39 is 0 Å². The molecule has 0 spiro atoms. The van der Waals surface area contributed by atoms with Crippen molar-refractivity contribution in [3.63, 3.8) is 0 Å². The third-order valence-electron chi connectivity index (χ3n) is 5.07. The second kappa shape index (κ2) is 6.06. The maximum absolute atomic E-state index is 9.68. The molecule has 3 rings (SSSR count). The van der Waals surface area contributed by atoms with Gasteiger partial charge in [0.05, 0.1) is 0 Å². The van der Waals surface area contributed by atoms with Crippen molar-refractivity contribution in [3.8, 4) is 0 Å². The van der Waals surface area contributed by atoms with Crippen LogP contribution < -0.4 is 0 Å². The zero-order chi connectivity index (χ0) is 15.9. The van der Waals surface area contributed by atoms with Gasteiger partial charge in [-0.3, -0.25) is 0 Å². The molecule has 0 saturated heterocycles. The fourth-order valence-corrected chi connectivity index (χ4v) is 3.72. The molecule has 0 aliphatic heterocycles. The first kappa shape index (κ1) is 15.6. The van der Waals surface area contributed by atoms with E-state index in [4.69, 9.17) is 11.6 Å². The summed E-state index contributed by atoms with van der Waals surface area (Å²) in [6.45, 7) is 6.61. The summed E-state index contributed by atoms with van der Waals surface area (Å²) in [5.41, 5.74) is 7.78. The molecule has 0 amide bonds. The third kappa shape index (κ3) is 2.80. The number of hydrogen-bond donors (Lipinski definition) is 1. The van der Waals surface area contributed by atoms with E-state index in [0.29, 0.717) is 11.8 Å². The van der Waals surface area contributed by atoms with Gasteiger partial charge in [0, 0.05) is 17.5 Å². The Hall–Kier alpha value is -1.31. The highest BCUT2D eigenvalue weighted by atomic mass is 35.5. The fraction of sp³-hybridized carbons (Fsp3) is 0.400. The molecule has 1 aliphatic carbocycles. The number of halogens is 1. The predicted molar refractivity (Wildman–Crippen MR) is 92.8 cm³/mol. The van der Waals surface area contributed by atoms with Crippen molar-refractivity contribution in [1.82, 2.24) is 0 Å². The number of fused-ring (bicyclic) bond motifs is 1. The van der Waals surface area contributed by atoms with Crippen molar-refractivity contribution in [1.29, 1.82) is 0 Å². The fourth-order valence-electron chi connectivity index (χ4n) is 3.55. The van der Waals surface area contributed by atoms with Crippen LogP contribution in [0.3, 0.4) is 0 Å². The molecule has 1 unspecified atom stereocenters. The molecule has 2 aromatic rings. The lowest BCUT2D eigenvalue weighted by molar-refractivity contribution is 0.208. The van der Waals surface area contributed by atoms with Gasteiger partial charge in [-0.1, -0.05) is 35.9 Å². The van der Waals surface area contributed by atoms with E-state index in [1.54, 1.807) is 0 Å². The number of aliphatic hydroxyl groups excluding tert-OH is 1.